The van der Waals surface area contributed by atoms with Crippen LogP contribution < -0.4 is 10.6 Å². The molecule has 4 nitrogen and oxygen atoms in total. The normalized spacial score (nSPS) is 24.1. The van der Waals surface area contributed by atoms with Crippen molar-refractivity contribution in [1.82, 2.24) is 10.6 Å². The molecule has 0 aromatic rings. The topological polar surface area (TPSA) is 61.4 Å². The minimum Gasteiger partial charge on any atom is -0.356 e. The van der Waals surface area contributed by atoms with Crippen LogP contribution in [0.3, 0.4) is 0 Å². The summed E-state index contributed by atoms with van der Waals surface area (Å²) >= 11 is 0. The molecule has 1 aliphatic rings. The summed E-state index contributed by atoms with van der Waals surface area (Å²) in [7, 11) is 0. The van der Waals surface area contributed by atoms with Crippen LogP contribution in [0.2, 0.25) is 0 Å². The molecule has 0 radical (unpaired) electrons. The van der Waals surface area contributed by atoms with Gasteiger partial charge in [0.25, 0.3) is 5.91 Å². The number of nitrogens with one attached hydrogen (secondary N) is 2. The quantitative estimate of drug-likeness (QED) is 0.507. The van der Waals surface area contributed by atoms with Crippen LogP contribution in [0, 0.1) is 5.41 Å². The molecule has 1 atom stereocenters. The standard InChI is InChI=1S/C9H16N2O2/c1-5-6(9(2,3)4)7(12)11-8(13)10-5/h8,10,13H,1-4H3,(H,11,12). The second-order valence-electron chi connectivity index (χ2n) is 4.27. The Hall–Kier alpha value is -1.03. The van der Waals surface area contributed by atoms with Gasteiger partial charge in [0.2, 0.25) is 6.35 Å². The third-order valence-electron chi connectivity index (χ3n) is 1.97. The van der Waals surface area contributed by atoms with E-state index in [2.05, 4.69) is 10.6 Å². The summed E-state index contributed by atoms with van der Waals surface area (Å²) in [6.07, 6.45) is -0.960. The van der Waals surface area contributed by atoms with Gasteiger partial charge in [-0.3, -0.25) is 4.79 Å². The average Bonchev–Trinajstić information content (AvgIpc) is 1.78. The number of aliphatic hydroxyl groups excluding tert-OH is 1. The molecule has 3 N–H and O–H groups in total. The van der Waals surface area contributed by atoms with Crippen LogP contribution in [0.4, 0.5) is 0 Å². The van der Waals surface area contributed by atoms with Gasteiger partial charge in [0.1, 0.15) is 0 Å². The maximum Gasteiger partial charge on any atom is 0.252 e. The third-order valence-corrected chi connectivity index (χ3v) is 1.97. The maximum atomic E-state index is 11.5. The molecule has 0 saturated heterocycles. The number of allylic oxidation sites excluding steroid dienone is 1. The first-order valence-electron chi connectivity index (χ1n) is 4.29. The number of carbonyl (C=O) groups excluding carboxylic acids is 1. The van der Waals surface area contributed by atoms with E-state index in [1.165, 1.54) is 0 Å². The first-order chi connectivity index (χ1) is 5.82. The highest BCUT2D eigenvalue weighted by Gasteiger charge is 2.30. The molecule has 0 aliphatic carbocycles. The summed E-state index contributed by atoms with van der Waals surface area (Å²) in [6, 6.07) is 0. The lowest BCUT2D eigenvalue weighted by Crippen LogP contribution is -2.51. The van der Waals surface area contributed by atoms with Crippen LogP contribution in [0.25, 0.3) is 0 Å². The first-order valence-corrected chi connectivity index (χ1v) is 4.29. The molecular formula is C9H16N2O2. The predicted octanol–water partition coefficient (Wildman–Crippen LogP) is 0.302. The van der Waals surface area contributed by atoms with Crippen molar-refractivity contribution in [3.63, 3.8) is 0 Å². The number of amides is 1. The van der Waals surface area contributed by atoms with Gasteiger partial charge in [-0.25, -0.2) is 0 Å². The lowest BCUT2D eigenvalue weighted by atomic mass is 9.84. The zero-order valence-corrected chi connectivity index (χ0v) is 8.43. The molecule has 1 amide bonds. The lowest BCUT2D eigenvalue weighted by Gasteiger charge is -2.31. The molecule has 1 heterocycles. The molecular weight excluding hydrogens is 168 g/mol. The van der Waals surface area contributed by atoms with Gasteiger partial charge in [-0.2, -0.15) is 0 Å². The van der Waals surface area contributed by atoms with Gasteiger partial charge >= 0.3 is 0 Å². The van der Waals surface area contributed by atoms with E-state index in [9.17, 15) is 4.79 Å². The molecule has 1 unspecified atom stereocenters. The van der Waals surface area contributed by atoms with Crippen molar-refractivity contribution in [3.05, 3.63) is 11.3 Å². The van der Waals surface area contributed by atoms with Crippen LogP contribution >= 0.6 is 0 Å². The van der Waals surface area contributed by atoms with Gasteiger partial charge < -0.3 is 15.7 Å². The Balaban J connectivity index is 3.06. The molecule has 0 spiro atoms. The summed E-state index contributed by atoms with van der Waals surface area (Å²) < 4.78 is 0. The smallest absolute Gasteiger partial charge is 0.252 e. The van der Waals surface area contributed by atoms with E-state index in [0.29, 0.717) is 5.57 Å². The van der Waals surface area contributed by atoms with Crippen LogP contribution in [-0.4, -0.2) is 17.4 Å². The largest absolute Gasteiger partial charge is 0.356 e. The van der Waals surface area contributed by atoms with Gasteiger partial charge in [0.05, 0.1) is 0 Å². The fourth-order valence-corrected chi connectivity index (χ4v) is 1.58. The molecule has 13 heavy (non-hydrogen) atoms. The highest BCUT2D eigenvalue weighted by molar-refractivity contribution is 5.96. The maximum absolute atomic E-state index is 11.5. The van der Waals surface area contributed by atoms with Crippen molar-refractivity contribution in [1.29, 1.82) is 0 Å². The van der Waals surface area contributed by atoms with E-state index < -0.39 is 6.35 Å². The van der Waals surface area contributed by atoms with Crippen LogP contribution in [0.15, 0.2) is 11.3 Å². The summed E-state index contributed by atoms with van der Waals surface area (Å²) in [5.41, 5.74) is 1.22. The van der Waals surface area contributed by atoms with Crippen molar-refractivity contribution in [3.8, 4) is 0 Å². The highest BCUT2D eigenvalue weighted by atomic mass is 16.3. The second kappa shape index (κ2) is 3.03. The van der Waals surface area contributed by atoms with E-state index in [1.807, 2.05) is 20.8 Å². The van der Waals surface area contributed by atoms with Gasteiger partial charge in [0, 0.05) is 11.3 Å². The van der Waals surface area contributed by atoms with Gasteiger partial charge in [0.15, 0.2) is 0 Å². The molecule has 1 aliphatic heterocycles. The Morgan fingerprint density at radius 2 is 1.85 bits per heavy atom. The summed E-state index contributed by atoms with van der Waals surface area (Å²) in [6.45, 7) is 7.68. The van der Waals surface area contributed by atoms with Crippen molar-refractivity contribution < 1.29 is 9.90 Å². The van der Waals surface area contributed by atoms with Crippen molar-refractivity contribution in [2.45, 2.75) is 34.0 Å². The third kappa shape index (κ3) is 2.01. The Labute approximate surface area is 78.0 Å². The Bertz CT molecular complexity index is 263. The number of rotatable bonds is 0. The Morgan fingerprint density at radius 1 is 1.31 bits per heavy atom. The van der Waals surface area contributed by atoms with E-state index in [-0.39, 0.29) is 11.3 Å². The van der Waals surface area contributed by atoms with Crippen LogP contribution in [0.5, 0.6) is 0 Å². The predicted molar refractivity (Wildman–Crippen MR) is 49.4 cm³/mol. The number of hydrogen-bond acceptors (Lipinski definition) is 3. The average molecular weight is 184 g/mol. The summed E-state index contributed by atoms with van der Waals surface area (Å²) in [5.74, 6) is -0.198. The molecule has 0 bridgehead atoms. The minimum absolute atomic E-state index is 0.198. The van der Waals surface area contributed by atoms with Gasteiger partial charge in [-0.05, 0) is 12.3 Å². The molecule has 1 rings (SSSR count). The first kappa shape index (κ1) is 10.1. The van der Waals surface area contributed by atoms with Crippen molar-refractivity contribution >= 4 is 5.91 Å². The number of carbonyl (C=O) groups is 1. The highest BCUT2D eigenvalue weighted by Crippen LogP contribution is 2.28. The van der Waals surface area contributed by atoms with E-state index in [4.69, 9.17) is 5.11 Å². The molecule has 0 saturated carbocycles. The SMILES string of the molecule is CC1=C(C(C)(C)C)C(=O)NC(O)N1. The Morgan fingerprint density at radius 3 is 2.23 bits per heavy atom. The second-order valence-corrected chi connectivity index (χ2v) is 4.27. The van der Waals surface area contributed by atoms with Crippen molar-refractivity contribution in [2.24, 2.45) is 5.41 Å². The molecule has 0 aromatic carbocycles. The monoisotopic (exact) mass is 184 g/mol. The van der Waals surface area contributed by atoms with Crippen molar-refractivity contribution in [2.75, 3.05) is 0 Å². The van der Waals surface area contributed by atoms with Gasteiger partial charge in [-0.15, -0.1) is 0 Å². The lowest BCUT2D eigenvalue weighted by molar-refractivity contribution is -0.122. The number of hydrogen-bond donors (Lipinski definition) is 3. The van der Waals surface area contributed by atoms with Crippen LogP contribution in [-0.2, 0) is 4.79 Å². The van der Waals surface area contributed by atoms with E-state index in [1.54, 1.807) is 6.92 Å². The zero-order valence-electron chi connectivity index (χ0n) is 8.43. The van der Waals surface area contributed by atoms with E-state index in [0.717, 1.165) is 5.70 Å². The molecule has 0 aromatic heterocycles. The fourth-order valence-electron chi connectivity index (χ4n) is 1.58. The fraction of sp³-hybridized carbons (Fsp3) is 0.667. The summed E-state index contributed by atoms with van der Waals surface area (Å²) in [5, 5.41) is 14.3. The number of aliphatic hydroxyl groups is 1. The Kier molecular flexibility index (Phi) is 2.34. The zero-order chi connectivity index (χ0) is 10.2. The molecule has 4 heteroatoms. The minimum atomic E-state index is -0.960. The summed E-state index contributed by atoms with van der Waals surface area (Å²) in [4.78, 5) is 11.5. The van der Waals surface area contributed by atoms with Gasteiger partial charge in [-0.1, -0.05) is 20.8 Å². The van der Waals surface area contributed by atoms with E-state index >= 15 is 0 Å². The molecule has 0 fully saturated rings. The van der Waals surface area contributed by atoms with Crippen LogP contribution in [0.1, 0.15) is 27.7 Å². The molecule has 74 valence electrons.